The number of rotatable bonds is 5. The normalized spacial score (nSPS) is 16.4. The summed E-state index contributed by atoms with van der Waals surface area (Å²) in [6.07, 6.45) is 7.36. The number of nitrogens with one attached hydrogen (secondary N) is 1. The molecule has 1 aliphatic rings. The molecule has 1 fully saturated rings. The van der Waals surface area contributed by atoms with Gasteiger partial charge in [0.05, 0.1) is 7.11 Å². The predicted octanol–water partition coefficient (Wildman–Crippen LogP) is 2.47. The van der Waals surface area contributed by atoms with E-state index >= 15 is 0 Å². The van der Waals surface area contributed by atoms with Crippen molar-refractivity contribution in [3.05, 3.63) is 0 Å². The molecule has 1 aromatic heterocycles. The SMILES string of the molecule is CCCNc1nc(OC)nc(N2CCCCCCC2)n1. The van der Waals surface area contributed by atoms with Crippen molar-refractivity contribution in [2.75, 3.05) is 37.0 Å². The molecule has 2 rings (SSSR count). The third-order valence-electron chi connectivity index (χ3n) is 3.46. The number of anilines is 2. The Morgan fingerprint density at radius 2 is 1.75 bits per heavy atom. The number of methoxy groups -OCH3 is 1. The molecule has 0 amide bonds. The number of nitrogens with zero attached hydrogens (tertiary/aromatic N) is 4. The van der Waals surface area contributed by atoms with E-state index in [4.69, 9.17) is 4.74 Å². The van der Waals surface area contributed by atoms with Crippen LogP contribution in [0.5, 0.6) is 6.01 Å². The molecule has 0 radical (unpaired) electrons. The van der Waals surface area contributed by atoms with E-state index in [1.54, 1.807) is 7.11 Å². The van der Waals surface area contributed by atoms with Crippen molar-refractivity contribution in [1.29, 1.82) is 0 Å². The summed E-state index contributed by atoms with van der Waals surface area (Å²) in [6, 6.07) is 0.385. The molecule has 6 nitrogen and oxygen atoms in total. The highest BCUT2D eigenvalue weighted by atomic mass is 16.5. The Kier molecular flexibility index (Phi) is 5.83. The maximum Gasteiger partial charge on any atom is 0.322 e. The summed E-state index contributed by atoms with van der Waals surface area (Å²) in [6.45, 7) is 5.00. The molecule has 0 unspecified atom stereocenters. The molecule has 1 N–H and O–H groups in total. The van der Waals surface area contributed by atoms with Crippen LogP contribution in [-0.4, -0.2) is 41.7 Å². The van der Waals surface area contributed by atoms with Crippen LogP contribution >= 0.6 is 0 Å². The monoisotopic (exact) mass is 279 g/mol. The Morgan fingerprint density at radius 3 is 2.40 bits per heavy atom. The van der Waals surface area contributed by atoms with Crippen LogP contribution in [-0.2, 0) is 0 Å². The molecule has 0 aliphatic carbocycles. The maximum atomic E-state index is 5.19. The Morgan fingerprint density at radius 1 is 1.05 bits per heavy atom. The molecule has 2 heterocycles. The highest BCUT2D eigenvalue weighted by Gasteiger charge is 2.15. The van der Waals surface area contributed by atoms with Gasteiger partial charge >= 0.3 is 6.01 Å². The first-order valence-electron chi connectivity index (χ1n) is 7.62. The van der Waals surface area contributed by atoms with Gasteiger partial charge in [0.25, 0.3) is 0 Å². The first kappa shape index (κ1) is 14.8. The van der Waals surface area contributed by atoms with E-state index in [1.165, 1.54) is 32.1 Å². The minimum absolute atomic E-state index is 0.385. The van der Waals surface area contributed by atoms with Crippen LogP contribution in [0.4, 0.5) is 11.9 Å². The molecule has 0 bridgehead atoms. The summed E-state index contributed by atoms with van der Waals surface area (Å²) in [5.74, 6) is 1.34. The third-order valence-corrected chi connectivity index (χ3v) is 3.46. The van der Waals surface area contributed by atoms with Crippen LogP contribution in [0, 0.1) is 0 Å². The molecule has 0 aromatic carbocycles. The average Bonchev–Trinajstić information content (AvgIpc) is 2.44. The Hall–Kier alpha value is -1.59. The van der Waals surface area contributed by atoms with Gasteiger partial charge in [-0.3, -0.25) is 0 Å². The van der Waals surface area contributed by atoms with E-state index in [1.807, 2.05) is 0 Å². The van der Waals surface area contributed by atoms with Crippen molar-refractivity contribution < 1.29 is 4.74 Å². The summed E-state index contributed by atoms with van der Waals surface area (Å²) in [7, 11) is 1.59. The molecule has 1 saturated heterocycles. The summed E-state index contributed by atoms with van der Waals surface area (Å²) in [4.78, 5) is 15.4. The topological polar surface area (TPSA) is 63.2 Å². The molecular weight excluding hydrogens is 254 g/mol. The van der Waals surface area contributed by atoms with Crippen molar-refractivity contribution >= 4 is 11.9 Å². The molecule has 20 heavy (non-hydrogen) atoms. The van der Waals surface area contributed by atoms with Crippen molar-refractivity contribution in [2.45, 2.75) is 45.4 Å². The number of hydrogen-bond acceptors (Lipinski definition) is 6. The van der Waals surface area contributed by atoms with Gasteiger partial charge in [0.15, 0.2) is 0 Å². The average molecular weight is 279 g/mol. The van der Waals surface area contributed by atoms with Gasteiger partial charge in [0, 0.05) is 19.6 Å². The zero-order valence-corrected chi connectivity index (χ0v) is 12.6. The predicted molar refractivity (Wildman–Crippen MR) is 80.5 cm³/mol. The van der Waals surface area contributed by atoms with E-state index in [9.17, 15) is 0 Å². The largest absolute Gasteiger partial charge is 0.467 e. The summed E-state index contributed by atoms with van der Waals surface area (Å²) in [5.41, 5.74) is 0. The lowest BCUT2D eigenvalue weighted by atomic mass is 10.1. The second-order valence-corrected chi connectivity index (χ2v) is 5.13. The van der Waals surface area contributed by atoms with Crippen LogP contribution in [0.2, 0.25) is 0 Å². The van der Waals surface area contributed by atoms with Gasteiger partial charge in [-0.25, -0.2) is 0 Å². The van der Waals surface area contributed by atoms with Gasteiger partial charge in [-0.2, -0.15) is 15.0 Å². The minimum atomic E-state index is 0.385. The highest BCUT2D eigenvalue weighted by Crippen LogP contribution is 2.18. The molecule has 112 valence electrons. The highest BCUT2D eigenvalue weighted by molar-refractivity contribution is 5.38. The number of aromatic nitrogens is 3. The number of ether oxygens (including phenoxy) is 1. The lowest BCUT2D eigenvalue weighted by molar-refractivity contribution is 0.378. The van der Waals surface area contributed by atoms with E-state index in [0.29, 0.717) is 12.0 Å². The van der Waals surface area contributed by atoms with E-state index in [0.717, 1.165) is 32.0 Å². The fraction of sp³-hybridized carbons (Fsp3) is 0.786. The quantitative estimate of drug-likeness (QED) is 0.893. The summed E-state index contributed by atoms with van der Waals surface area (Å²) >= 11 is 0. The van der Waals surface area contributed by atoms with Crippen LogP contribution in [0.15, 0.2) is 0 Å². The standard InChI is InChI=1S/C14H25N5O/c1-3-9-15-12-16-13(18-14(17-12)20-2)19-10-7-5-4-6-8-11-19/h3-11H2,1-2H3,(H,15,16,17,18). The van der Waals surface area contributed by atoms with Crippen molar-refractivity contribution in [3.63, 3.8) is 0 Å². The van der Waals surface area contributed by atoms with Crippen LogP contribution in [0.25, 0.3) is 0 Å². The first-order chi connectivity index (χ1) is 9.83. The van der Waals surface area contributed by atoms with Gasteiger partial charge in [-0.05, 0) is 19.3 Å². The molecule has 0 atom stereocenters. The fourth-order valence-electron chi connectivity index (χ4n) is 2.34. The van der Waals surface area contributed by atoms with Crippen molar-refractivity contribution in [3.8, 4) is 6.01 Å². The Balaban J connectivity index is 2.14. The lowest BCUT2D eigenvalue weighted by Gasteiger charge is -2.25. The first-order valence-corrected chi connectivity index (χ1v) is 7.62. The van der Waals surface area contributed by atoms with Crippen molar-refractivity contribution in [1.82, 2.24) is 15.0 Å². The van der Waals surface area contributed by atoms with Crippen LogP contribution in [0.1, 0.15) is 45.4 Å². The minimum Gasteiger partial charge on any atom is -0.467 e. The van der Waals surface area contributed by atoms with E-state index < -0.39 is 0 Å². The lowest BCUT2D eigenvalue weighted by Crippen LogP contribution is -2.29. The van der Waals surface area contributed by atoms with E-state index in [2.05, 4.69) is 32.1 Å². The molecular formula is C14H25N5O. The van der Waals surface area contributed by atoms with E-state index in [-0.39, 0.29) is 0 Å². The second-order valence-electron chi connectivity index (χ2n) is 5.13. The molecule has 6 heteroatoms. The summed E-state index contributed by atoms with van der Waals surface area (Å²) in [5, 5.41) is 3.21. The smallest absolute Gasteiger partial charge is 0.322 e. The zero-order chi connectivity index (χ0) is 14.2. The Labute approximate surface area is 121 Å². The molecule has 1 aliphatic heterocycles. The summed E-state index contributed by atoms with van der Waals surface area (Å²) < 4.78 is 5.19. The molecule has 0 saturated carbocycles. The molecule has 1 aromatic rings. The van der Waals surface area contributed by atoms with Crippen LogP contribution < -0.4 is 15.0 Å². The van der Waals surface area contributed by atoms with Crippen molar-refractivity contribution in [2.24, 2.45) is 0 Å². The van der Waals surface area contributed by atoms with Crippen LogP contribution in [0.3, 0.4) is 0 Å². The number of hydrogen-bond donors (Lipinski definition) is 1. The third kappa shape index (κ3) is 4.21. The van der Waals surface area contributed by atoms with Gasteiger partial charge < -0.3 is 15.0 Å². The fourth-order valence-corrected chi connectivity index (χ4v) is 2.34. The maximum absolute atomic E-state index is 5.19. The Bertz CT molecular complexity index is 405. The van der Waals surface area contributed by atoms with Gasteiger partial charge in [0.1, 0.15) is 0 Å². The van der Waals surface area contributed by atoms with Gasteiger partial charge in [-0.15, -0.1) is 0 Å². The second kappa shape index (κ2) is 7.87. The van der Waals surface area contributed by atoms with Gasteiger partial charge in [0.2, 0.25) is 11.9 Å². The molecule has 0 spiro atoms. The van der Waals surface area contributed by atoms with Gasteiger partial charge in [-0.1, -0.05) is 26.2 Å². The zero-order valence-electron chi connectivity index (χ0n) is 12.6.